The number of aromatic amines is 1. The van der Waals surface area contributed by atoms with E-state index < -0.39 is 0 Å². The van der Waals surface area contributed by atoms with Crippen molar-refractivity contribution in [3.63, 3.8) is 0 Å². The topological polar surface area (TPSA) is 70.2 Å². The molecular formula is C16H24N4O2S. The average molecular weight is 336 g/mol. The number of hydrogen-bond donors (Lipinski definition) is 2. The predicted octanol–water partition coefficient (Wildman–Crippen LogP) is 2.15. The van der Waals surface area contributed by atoms with Crippen LogP contribution in [0.1, 0.15) is 60.8 Å². The fourth-order valence-corrected chi connectivity index (χ4v) is 3.67. The maximum atomic E-state index is 12.0. The van der Waals surface area contributed by atoms with Crippen molar-refractivity contribution in [3.8, 4) is 0 Å². The minimum Gasteiger partial charge on any atom is -0.461 e. The Kier molecular flexibility index (Phi) is 5.15. The summed E-state index contributed by atoms with van der Waals surface area (Å²) in [5.41, 5.74) is 2.33. The van der Waals surface area contributed by atoms with Crippen LogP contribution in [0, 0.1) is 0 Å². The second kappa shape index (κ2) is 7.29. The molecule has 3 rings (SSSR count). The molecule has 0 atom stereocenters. The fourth-order valence-electron chi connectivity index (χ4n) is 3.35. The second-order valence-electron chi connectivity index (χ2n) is 6.21. The van der Waals surface area contributed by atoms with E-state index in [-0.39, 0.29) is 5.97 Å². The zero-order chi connectivity index (χ0) is 16.2. The lowest BCUT2D eigenvalue weighted by Gasteiger charge is -2.33. The van der Waals surface area contributed by atoms with Gasteiger partial charge in [-0.1, -0.05) is 19.3 Å². The summed E-state index contributed by atoms with van der Waals surface area (Å²) in [6, 6.07) is 0.492. The van der Waals surface area contributed by atoms with E-state index in [1.54, 1.807) is 6.92 Å². The minimum atomic E-state index is -0.363. The molecule has 0 bridgehead atoms. The predicted molar refractivity (Wildman–Crippen MR) is 91.3 cm³/mol. The minimum absolute atomic E-state index is 0.353. The maximum Gasteiger partial charge on any atom is 0.359 e. The standard InChI is InChI=1S/C16H24N4O2S/c1-2-22-15(21)14-12-10-20(9-8-13(12)18-19-14)16(23)17-11-6-4-3-5-7-11/h11H,2-10H2,1H3,(H,17,23)(H,18,19). The van der Waals surface area contributed by atoms with Gasteiger partial charge in [0.1, 0.15) is 0 Å². The first-order valence-electron chi connectivity index (χ1n) is 8.47. The molecule has 2 N–H and O–H groups in total. The summed E-state index contributed by atoms with van der Waals surface area (Å²) in [6.45, 7) is 3.60. The molecule has 1 aromatic heterocycles. The normalized spacial score (nSPS) is 18.4. The van der Waals surface area contributed by atoms with Gasteiger partial charge in [-0.2, -0.15) is 5.10 Å². The quantitative estimate of drug-likeness (QED) is 0.651. The summed E-state index contributed by atoms with van der Waals surface area (Å²) < 4.78 is 5.08. The van der Waals surface area contributed by atoms with E-state index in [1.807, 2.05) is 0 Å². The molecule has 7 heteroatoms. The molecule has 6 nitrogen and oxygen atoms in total. The van der Waals surface area contributed by atoms with E-state index >= 15 is 0 Å². The molecule has 0 saturated heterocycles. The molecule has 1 aliphatic carbocycles. The van der Waals surface area contributed by atoms with Gasteiger partial charge in [-0.15, -0.1) is 0 Å². The molecule has 2 heterocycles. The Morgan fingerprint density at radius 3 is 2.96 bits per heavy atom. The smallest absolute Gasteiger partial charge is 0.359 e. The zero-order valence-corrected chi connectivity index (χ0v) is 14.4. The molecule has 1 aromatic rings. The number of ether oxygens (including phenoxy) is 1. The highest BCUT2D eigenvalue weighted by molar-refractivity contribution is 7.80. The van der Waals surface area contributed by atoms with E-state index in [4.69, 9.17) is 17.0 Å². The van der Waals surface area contributed by atoms with Crippen LogP contribution in [-0.2, 0) is 17.7 Å². The summed E-state index contributed by atoms with van der Waals surface area (Å²) in [5.74, 6) is -0.363. The molecule has 1 fully saturated rings. The summed E-state index contributed by atoms with van der Waals surface area (Å²) in [4.78, 5) is 14.1. The number of rotatable bonds is 3. The van der Waals surface area contributed by atoms with E-state index in [2.05, 4.69) is 20.4 Å². The number of H-pyrrole nitrogens is 1. The van der Waals surface area contributed by atoms with E-state index in [1.165, 1.54) is 32.1 Å². The lowest BCUT2D eigenvalue weighted by Crippen LogP contribution is -2.47. The molecule has 0 aromatic carbocycles. The van der Waals surface area contributed by atoms with Crippen molar-refractivity contribution in [2.75, 3.05) is 13.2 Å². The number of carbonyl (C=O) groups excluding carboxylic acids is 1. The number of thiocarbonyl (C=S) groups is 1. The molecule has 1 saturated carbocycles. The lowest BCUT2D eigenvalue weighted by atomic mass is 9.96. The van der Waals surface area contributed by atoms with E-state index in [0.717, 1.165) is 29.3 Å². The summed E-state index contributed by atoms with van der Waals surface area (Å²) in [6.07, 6.45) is 7.08. The van der Waals surface area contributed by atoms with Gasteiger partial charge < -0.3 is 15.0 Å². The van der Waals surface area contributed by atoms with Crippen molar-refractivity contribution in [2.45, 2.75) is 58.0 Å². The average Bonchev–Trinajstić information content (AvgIpc) is 2.99. The van der Waals surface area contributed by atoms with Gasteiger partial charge in [0.2, 0.25) is 0 Å². The first-order chi connectivity index (χ1) is 11.2. The van der Waals surface area contributed by atoms with Crippen LogP contribution in [0.5, 0.6) is 0 Å². The van der Waals surface area contributed by atoms with Gasteiger partial charge in [-0.25, -0.2) is 4.79 Å². The third-order valence-electron chi connectivity index (χ3n) is 4.62. The van der Waals surface area contributed by atoms with Crippen LogP contribution in [-0.4, -0.2) is 45.4 Å². The van der Waals surface area contributed by atoms with Crippen molar-refractivity contribution in [3.05, 3.63) is 17.0 Å². The first kappa shape index (κ1) is 16.2. The summed E-state index contributed by atoms with van der Waals surface area (Å²) >= 11 is 5.59. The molecule has 1 aliphatic heterocycles. The largest absolute Gasteiger partial charge is 0.461 e. The van der Waals surface area contributed by atoms with Crippen LogP contribution in [0.15, 0.2) is 0 Å². The van der Waals surface area contributed by atoms with E-state index in [0.29, 0.717) is 24.9 Å². The Hall–Kier alpha value is -1.63. The molecule has 0 unspecified atom stereocenters. The SMILES string of the molecule is CCOC(=O)c1n[nH]c2c1CN(C(=S)NC1CCCCC1)CC2. The number of aromatic nitrogens is 2. The number of nitrogens with zero attached hydrogens (tertiary/aromatic N) is 2. The number of fused-ring (bicyclic) bond motifs is 1. The highest BCUT2D eigenvalue weighted by Crippen LogP contribution is 2.22. The Morgan fingerprint density at radius 2 is 2.22 bits per heavy atom. The van der Waals surface area contributed by atoms with Gasteiger partial charge >= 0.3 is 5.97 Å². The lowest BCUT2D eigenvalue weighted by molar-refractivity contribution is 0.0517. The molecule has 0 spiro atoms. The molecular weight excluding hydrogens is 312 g/mol. The monoisotopic (exact) mass is 336 g/mol. The highest BCUT2D eigenvalue weighted by Gasteiger charge is 2.28. The Bertz CT molecular complexity index is 581. The number of hydrogen-bond acceptors (Lipinski definition) is 4. The van der Waals surface area contributed by atoms with Gasteiger partial charge in [0.25, 0.3) is 0 Å². The molecule has 0 amide bonds. The van der Waals surface area contributed by atoms with Crippen LogP contribution in [0.25, 0.3) is 0 Å². The van der Waals surface area contributed by atoms with Crippen molar-refractivity contribution in [2.24, 2.45) is 0 Å². The van der Waals surface area contributed by atoms with Crippen LogP contribution >= 0.6 is 12.2 Å². The Balaban J connectivity index is 1.65. The zero-order valence-electron chi connectivity index (χ0n) is 13.6. The number of nitrogens with one attached hydrogen (secondary N) is 2. The van der Waals surface area contributed by atoms with Crippen molar-refractivity contribution in [1.82, 2.24) is 20.4 Å². The van der Waals surface area contributed by atoms with Gasteiger partial charge in [0.05, 0.1) is 6.61 Å². The first-order valence-corrected chi connectivity index (χ1v) is 8.88. The summed E-state index contributed by atoms with van der Waals surface area (Å²) in [5, 5.41) is 11.4. The maximum absolute atomic E-state index is 12.0. The molecule has 0 radical (unpaired) electrons. The van der Waals surface area contributed by atoms with Gasteiger partial charge in [0.15, 0.2) is 10.8 Å². The van der Waals surface area contributed by atoms with Crippen molar-refractivity contribution >= 4 is 23.3 Å². The van der Waals surface area contributed by atoms with Crippen molar-refractivity contribution < 1.29 is 9.53 Å². The molecule has 126 valence electrons. The van der Waals surface area contributed by atoms with Gasteiger partial charge in [-0.05, 0) is 32.0 Å². The van der Waals surface area contributed by atoms with Crippen LogP contribution in [0.3, 0.4) is 0 Å². The molecule has 2 aliphatic rings. The fraction of sp³-hybridized carbons (Fsp3) is 0.688. The Labute approximate surface area is 142 Å². The third kappa shape index (κ3) is 3.65. The Morgan fingerprint density at radius 1 is 1.43 bits per heavy atom. The second-order valence-corrected chi connectivity index (χ2v) is 6.59. The highest BCUT2D eigenvalue weighted by atomic mass is 32.1. The molecule has 23 heavy (non-hydrogen) atoms. The van der Waals surface area contributed by atoms with Crippen LogP contribution in [0.4, 0.5) is 0 Å². The van der Waals surface area contributed by atoms with Crippen LogP contribution in [0.2, 0.25) is 0 Å². The third-order valence-corrected chi connectivity index (χ3v) is 5.00. The van der Waals surface area contributed by atoms with Crippen LogP contribution < -0.4 is 5.32 Å². The number of esters is 1. The summed E-state index contributed by atoms with van der Waals surface area (Å²) in [7, 11) is 0. The van der Waals surface area contributed by atoms with Gasteiger partial charge in [-0.3, -0.25) is 5.10 Å². The van der Waals surface area contributed by atoms with E-state index in [9.17, 15) is 4.79 Å². The van der Waals surface area contributed by atoms with Crippen molar-refractivity contribution in [1.29, 1.82) is 0 Å². The number of carbonyl (C=O) groups is 1. The van der Waals surface area contributed by atoms with Gasteiger partial charge in [0, 0.05) is 36.8 Å².